The Balaban J connectivity index is 1.70. The lowest BCUT2D eigenvalue weighted by Crippen LogP contribution is -2.38. The molecule has 24 heavy (non-hydrogen) atoms. The first-order valence-corrected chi connectivity index (χ1v) is 9.47. The van der Waals surface area contributed by atoms with Gasteiger partial charge in [-0.2, -0.15) is 0 Å². The number of primary sulfonamides is 1. The average molecular weight is 351 g/mol. The predicted octanol–water partition coefficient (Wildman–Crippen LogP) is 0.321. The average Bonchev–Trinajstić information content (AvgIpc) is 2.95. The highest BCUT2D eigenvalue weighted by molar-refractivity contribution is 7.89. The normalized spacial score (nSPS) is 26.6. The van der Waals surface area contributed by atoms with Gasteiger partial charge in [-0.15, -0.1) is 0 Å². The fourth-order valence-corrected chi connectivity index (χ4v) is 4.22. The van der Waals surface area contributed by atoms with E-state index in [9.17, 15) is 18.0 Å². The van der Waals surface area contributed by atoms with Gasteiger partial charge in [-0.25, -0.2) is 13.6 Å². The molecule has 1 aromatic rings. The number of amides is 2. The third kappa shape index (κ3) is 3.29. The van der Waals surface area contributed by atoms with Crippen LogP contribution in [0.5, 0.6) is 0 Å². The summed E-state index contributed by atoms with van der Waals surface area (Å²) in [7, 11) is -2.01. The van der Waals surface area contributed by atoms with Crippen LogP contribution >= 0.6 is 0 Å². The SMILES string of the molecule is CN(C(=O)c1ccc(S(N)(=O)=O)cc1)[C@H]1C[C@H]2CNC(=O)C[C@H]2C1. The first-order chi connectivity index (χ1) is 11.3. The number of nitrogens with zero attached hydrogens (tertiary/aromatic N) is 1. The summed E-state index contributed by atoms with van der Waals surface area (Å²) in [6.45, 7) is 0.686. The molecule has 2 aliphatic rings. The number of carbonyl (C=O) groups is 2. The second kappa shape index (κ2) is 6.18. The summed E-state index contributed by atoms with van der Waals surface area (Å²) >= 11 is 0. The Morgan fingerprint density at radius 3 is 2.46 bits per heavy atom. The lowest BCUT2D eigenvalue weighted by Gasteiger charge is -2.25. The number of fused-ring (bicyclic) bond motifs is 1. The summed E-state index contributed by atoms with van der Waals surface area (Å²) < 4.78 is 22.6. The van der Waals surface area contributed by atoms with Crippen LogP contribution in [0.15, 0.2) is 29.2 Å². The molecule has 3 atom stereocenters. The Morgan fingerprint density at radius 1 is 1.21 bits per heavy atom. The van der Waals surface area contributed by atoms with E-state index < -0.39 is 10.0 Å². The lowest BCUT2D eigenvalue weighted by molar-refractivity contribution is -0.124. The number of hydrogen-bond acceptors (Lipinski definition) is 4. The van der Waals surface area contributed by atoms with Crippen molar-refractivity contribution in [1.82, 2.24) is 10.2 Å². The highest BCUT2D eigenvalue weighted by atomic mass is 32.2. The summed E-state index contributed by atoms with van der Waals surface area (Å²) in [6.07, 6.45) is 2.24. The molecular formula is C16H21N3O4S. The van der Waals surface area contributed by atoms with Crippen molar-refractivity contribution >= 4 is 21.8 Å². The van der Waals surface area contributed by atoms with E-state index in [-0.39, 0.29) is 22.8 Å². The van der Waals surface area contributed by atoms with Gasteiger partial charge in [0, 0.05) is 31.6 Å². The van der Waals surface area contributed by atoms with Gasteiger partial charge in [0.05, 0.1) is 4.90 Å². The standard InChI is InChI=1S/C16H21N3O4S/c1-19(13-6-11-8-15(20)18-9-12(11)7-13)16(21)10-2-4-14(5-3-10)24(17,22)23/h2-5,11-13H,6-9H2,1H3,(H,18,20)(H2,17,22,23)/t11-,12+,13-/m1/s1. The zero-order valence-electron chi connectivity index (χ0n) is 13.4. The number of piperidine rings is 1. The van der Waals surface area contributed by atoms with E-state index in [1.807, 2.05) is 0 Å². The van der Waals surface area contributed by atoms with Crippen molar-refractivity contribution in [2.45, 2.75) is 30.2 Å². The molecule has 0 radical (unpaired) electrons. The van der Waals surface area contributed by atoms with Crippen molar-refractivity contribution in [2.75, 3.05) is 13.6 Å². The number of hydrogen-bond donors (Lipinski definition) is 2. The van der Waals surface area contributed by atoms with Crippen LogP contribution < -0.4 is 10.5 Å². The molecule has 3 N–H and O–H groups in total. The summed E-state index contributed by atoms with van der Waals surface area (Å²) in [5.41, 5.74) is 0.425. The van der Waals surface area contributed by atoms with Crippen LogP contribution in [0.2, 0.25) is 0 Å². The Morgan fingerprint density at radius 2 is 1.83 bits per heavy atom. The summed E-state index contributed by atoms with van der Waals surface area (Å²) in [5.74, 6) is 0.694. The summed E-state index contributed by atoms with van der Waals surface area (Å²) in [6, 6.07) is 5.73. The van der Waals surface area contributed by atoms with Gasteiger partial charge in [-0.3, -0.25) is 9.59 Å². The molecule has 1 heterocycles. The maximum atomic E-state index is 12.6. The number of carbonyl (C=O) groups excluding carboxylic acids is 2. The quantitative estimate of drug-likeness (QED) is 0.817. The number of nitrogens with two attached hydrogens (primary N) is 1. The first kappa shape index (κ1) is 16.9. The number of nitrogens with one attached hydrogen (secondary N) is 1. The van der Waals surface area contributed by atoms with Gasteiger partial charge in [-0.05, 0) is 48.9 Å². The van der Waals surface area contributed by atoms with Crippen LogP contribution in [0, 0.1) is 11.8 Å². The van der Waals surface area contributed by atoms with Gasteiger partial charge in [0.2, 0.25) is 15.9 Å². The van der Waals surface area contributed by atoms with Crippen molar-refractivity contribution < 1.29 is 18.0 Å². The molecule has 7 nitrogen and oxygen atoms in total. The summed E-state index contributed by atoms with van der Waals surface area (Å²) in [4.78, 5) is 25.8. The molecule has 2 amide bonds. The molecule has 1 aromatic carbocycles. The van der Waals surface area contributed by atoms with E-state index in [2.05, 4.69) is 5.32 Å². The van der Waals surface area contributed by atoms with Gasteiger partial charge in [-0.1, -0.05) is 0 Å². The van der Waals surface area contributed by atoms with Crippen molar-refractivity contribution in [3.05, 3.63) is 29.8 Å². The van der Waals surface area contributed by atoms with Crippen LogP contribution in [0.4, 0.5) is 0 Å². The molecule has 2 fully saturated rings. The molecule has 0 bridgehead atoms. The second-order valence-corrected chi connectivity index (χ2v) is 8.20. The van der Waals surface area contributed by atoms with Crippen LogP contribution in [-0.4, -0.2) is 44.8 Å². The van der Waals surface area contributed by atoms with Crippen molar-refractivity contribution in [3.8, 4) is 0 Å². The largest absolute Gasteiger partial charge is 0.356 e. The smallest absolute Gasteiger partial charge is 0.253 e. The van der Waals surface area contributed by atoms with Crippen LogP contribution in [0.1, 0.15) is 29.6 Å². The van der Waals surface area contributed by atoms with Gasteiger partial charge in [0.15, 0.2) is 0 Å². The molecule has 1 aliphatic heterocycles. The molecule has 0 unspecified atom stereocenters. The fraction of sp³-hybridized carbons (Fsp3) is 0.500. The molecule has 0 spiro atoms. The van der Waals surface area contributed by atoms with Gasteiger partial charge >= 0.3 is 0 Å². The van der Waals surface area contributed by atoms with E-state index in [1.54, 1.807) is 11.9 Å². The second-order valence-electron chi connectivity index (χ2n) is 6.64. The monoisotopic (exact) mass is 351 g/mol. The topological polar surface area (TPSA) is 110 Å². The molecule has 0 aromatic heterocycles. The molecule has 1 aliphatic carbocycles. The fourth-order valence-electron chi connectivity index (χ4n) is 3.71. The molecular weight excluding hydrogens is 330 g/mol. The zero-order chi connectivity index (χ0) is 17.5. The molecule has 3 rings (SSSR count). The van der Waals surface area contributed by atoms with E-state index >= 15 is 0 Å². The maximum absolute atomic E-state index is 12.6. The van der Waals surface area contributed by atoms with E-state index in [0.29, 0.717) is 30.4 Å². The minimum absolute atomic E-state index is 0.0156. The number of benzene rings is 1. The minimum Gasteiger partial charge on any atom is -0.356 e. The predicted molar refractivity (Wildman–Crippen MR) is 87.5 cm³/mol. The highest BCUT2D eigenvalue weighted by Gasteiger charge is 2.40. The summed E-state index contributed by atoms with van der Waals surface area (Å²) in [5, 5.41) is 7.95. The van der Waals surface area contributed by atoms with Crippen LogP contribution in [0.3, 0.4) is 0 Å². The Bertz CT molecular complexity index is 760. The highest BCUT2D eigenvalue weighted by Crippen LogP contribution is 2.38. The van der Waals surface area contributed by atoms with Gasteiger partial charge in [0.1, 0.15) is 0 Å². The molecule has 8 heteroatoms. The molecule has 1 saturated carbocycles. The van der Waals surface area contributed by atoms with E-state index in [0.717, 1.165) is 12.8 Å². The lowest BCUT2D eigenvalue weighted by atomic mass is 9.89. The third-order valence-electron chi connectivity index (χ3n) is 5.12. The van der Waals surface area contributed by atoms with Gasteiger partial charge in [0.25, 0.3) is 5.91 Å². The van der Waals surface area contributed by atoms with Crippen LogP contribution in [-0.2, 0) is 14.8 Å². The van der Waals surface area contributed by atoms with E-state index in [4.69, 9.17) is 5.14 Å². The van der Waals surface area contributed by atoms with Crippen LogP contribution in [0.25, 0.3) is 0 Å². The first-order valence-electron chi connectivity index (χ1n) is 7.92. The number of sulfonamides is 1. The van der Waals surface area contributed by atoms with Crippen molar-refractivity contribution in [1.29, 1.82) is 0 Å². The Kier molecular flexibility index (Phi) is 4.35. The molecule has 130 valence electrons. The maximum Gasteiger partial charge on any atom is 0.253 e. The zero-order valence-corrected chi connectivity index (χ0v) is 14.3. The minimum atomic E-state index is -3.76. The third-order valence-corrected chi connectivity index (χ3v) is 6.05. The number of rotatable bonds is 3. The van der Waals surface area contributed by atoms with E-state index in [1.165, 1.54) is 24.3 Å². The van der Waals surface area contributed by atoms with Crippen molar-refractivity contribution in [2.24, 2.45) is 17.0 Å². The van der Waals surface area contributed by atoms with Crippen molar-refractivity contribution in [3.63, 3.8) is 0 Å². The Labute approximate surface area is 141 Å². The molecule has 1 saturated heterocycles. The Hall–Kier alpha value is -1.93. The van der Waals surface area contributed by atoms with Gasteiger partial charge < -0.3 is 10.2 Å².